The van der Waals surface area contributed by atoms with Crippen molar-refractivity contribution in [2.24, 2.45) is 0 Å². The Morgan fingerprint density at radius 3 is 2.53 bits per heavy atom. The molecule has 0 unspecified atom stereocenters. The van der Waals surface area contributed by atoms with Crippen LogP contribution in [0.2, 0.25) is 0 Å². The molecule has 0 aliphatic carbocycles. The van der Waals surface area contributed by atoms with E-state index in [4.69, 9.17) is 13.9 Å². The van der Waals surface area contributed by atoms with Crippen LogP contribution < -0.4 is 14.8 Å². The average molecular weight is 436 g/mol. The van der Waals surface area contributed by atoms with Gasteiger partial charge in [0.05, 0.1) is 37.2 Å². The van der Waals surface area contributed by atoms with Crippen molar-refractivity contribution in [3.63, 3.8) is 0 Å². The number of carbonyl (C=O) groups is 1. The summed E-state index contributed by atoms with van der Waals surface area (Å²) in [6.07, 6.45) is 1.52. The van der Waals surface area contributed by atoms with E-state index in [-0.39, 0.29) is 17.1 Å². The summed E-state index contributed by atoms with van der Waals surface area (Å²) in [7, 11) is 3.09. The molecular weight excluding hydrogens is 418 g/mol. The molecule has 0 spiro atoms. The molecule has 0 aliphatic rings. The summed E-state index contributed by atoms with van der Waals surface area (Å²) < 4.78 is 43.6. The van der Waals surface area contributed by atoms with Crippen LogP contribution in [0.15, 0.2) is 71.3 Å². The van der Waals surface area contributed by atoms with Gasteiger partial charge in [-0.15, -0.1) is 0 Å². The van der Waals surface area contributed by atoms with Crippen molar-refractivity contribution >= 4 is 11.6 Å². The Labute approximate surface area is 182 Å². The molecule has 8 heteroatoms. The number of methoxy groups -OCH3 is 2. The van der Waals surface area contributed by atoms with Gasteiger partial charge in [-0.25, -0.2) is 13.8 Å². The lowest BCUT2D eigenvalue weighted by Crippen LogP contribution is -2.14. The zero-order chi connectivity index (χ0) is 22.7. The highest BCUT2D eigenvalue weighted by molar-refractivity contribution is 6.08. The van der Waals surface area contributed by atoms with Crippen molar-refractivity contribution in [1.29, 1.82) is 0 Å². The van der Waals surface area contributed by atoms with Crippen LogP contribution in [-0.2, 0) is 0 Å². The van der Waals surface area contributed by atoms with Gasteiger partial charge in [0.15, 0.2) is 5.76 Å². The normalized spacial score (nSPS) is 10.6. The molecule has 1 heterocycles. The van der Waals surface area contributed by atoms with Crippen LogP contribution in [0.25, 0.3) is 22.8 Å². The van der Waals surface area contributed by atoms with E-state index in [1.807, 2.05) is 0 Å². The first-order chi connectivity index (χ1) is 15.5. The molecule has 0 fully saturated rings. The molecule has 162 valence electrons. The zero-order valence-electron chi connectivity index (χ0n) is 17.2. The van der Waals surface area contributed by atoms with Gasteiger partial charge in [0.2, 0.25) is 5.89 Å². The second-order valence-corrected chi connectivity index (χ2v) is 6.72. The Kier molecular flexibility index (Phi) is 5.85. The summed E-state index contributed by atoms with van der Waals surface area (Å²) >= 11 is 0. The molecule has 1 amide bonds. The van der Waals surface area contributed by atoms with Crippen LogP contribution in [0.3, 0.4) is 0 Å². The maximum Gasteiger partial charge on any atom is 0.256 e. The van der Waals surface area contributed by atoms with E-state index in [0.717, 1.165) is 12.1 Å². The number of anilines is 1. The molecule has 0 radical (unpaired) electrons. The molecule has 4 rings (SSSR count). The fourth-order valence-corrected chi connectivity index (χ4v) is 3.17. The number of nitrogens with one attached hydrogen (secondary N) is 1. The third-order valence-electron chi connectivity index (χ3n) is 4.76. The molecule has 6 nitrogen and oxygen atoms in total. The Bertz CT molecular complexity index is 1290. The van der Waals surface area contributed by atoms with Crippen LogP contribution in [0, 0.1) is 11.6 Å². The third kappa shape index (κ3) is 4.15. The molecule has 0 saturated carbocycles. The molecule has 4 aromatic rings. The predicted octanol–water partition coefficient (Wildman–Crippen LogP) is 5.56. The maximum atomic E-state index is 14.0. The number of nitrogens with zero attached hydrogens (tertiary/aromatic N) is 1. The quantitative estimate of drug-likeness (QED) is 0.429. The van der Waals surface area contributed by atoms with Crippen molar-refractivity contribution in [2.45, 2.75) is 0 Å². The Balaban J connectivity index is 1.67. The molecule has 3 aromatic carbocycles. The van der Waals surface area contributed by atoms with E-state index in [2.05, 4.69) is 10.3 Å². The molecule has 0 atom stereocenters. The van der Waals surface area contributed by atoms with Crippen molar-refractivity contribution in [1.82, 2.24) is 4.98 Å². The summed E-state index contributed by atoms with van der Waals surface area (Å²) in [6.45, 7) is 0. The first kappa shape index (κ1) is 21.0. The van der Waals surface area contributed by atoms with E-state index in [1.54, 1.807) is 49.6 Å². The molecule has 0 saturated heterocycles. The lowest BCUT2D eigenvalue weighted by Gasteiger charge is -2.09. The smallest absolute Gasteiger partial charge is 0.256 e. The number of oxazole rings is 1. The molecule has 0 bridgehead atoms. The highest BCUT2D eigenvalue weighted by Crippen LogP contribution is 2.36. The number of ether oxygens (including phenoxy) is 2. The summed E-state index contributed by atoms with van der Waals surface area (Å²) in [4.78, 5) is 17.1. The van der Waals surface area contributed by atoms with Gasteiger partial charge in [0.1, 0.15) is 23.1 Å². The third-order valence-corrected chi connectivity index (χ3v) is 4.76. The van der Waals surface area contributed by atoms with Crippen molar-refractivity contribution in [3.8, 4) is 34.3 Å². The van der Waals surface area contributed by atoms with Gasteiger partial charge < -0.3 is 19.2 Å². The number of hydrogen-bond donors (Lipinski definition) is 1. The number of aromatic nitrogens is 1. The fourth-order valence-electron chi connectivity index (χ4n) is 3.17. The maximum absolute atomic E-state index is 14.0. The van der Waals surface area contributed by atoms with Gasteiger partial charge in [0.25, 0.3) is 5.91 Å². The van der Waals surface area contributed by atoms with Crippen molar-refractivity contribution in [2.75, 3.05) is 19.5 Å². The van der Waals surface area contributed by atoms with Gasteiger partial charge in [0, 0.05) is 17.7 Å². The largest absolute Gasteiger partial charge is 0.497 e. The average Bonchev–Trinajstić information content (AvgIpc) is 3.30. The second kappa shape index (κ2) is 8.89. The highest BCUT2D eigenvalue weighted by Gasteiger charge is 2.19. The Morgan fingerprint density at radius 2 is 1.78 bits per heavy atom. The van der Waals surface area contributed by atoms with Crippen molar-refractivity contribution in [3.05, 3.63) is 84.1 Å². The van der Waals surface area contributed by atoms with Gasteiger partial charge >= 0.3 is 0 Å². The SMILES string of the molecule is COc1ccc(-c2cnc(-c3ccccc3C(=O)Nc3ccc(F)cc3F)o2)c(OC)c1. The minimum Gasteiger partial charge on any atom is -0.497 e. The Morgan fingerprint density at radius 1 is 0.969 bits per heavy atom. The van der Waals surface area contributed by atoms with Crippen molar-refractivity contribution < 1.29 is 27.5 Å². The van der Waals surface area contributed by atoms with Gasteiger partial charge in [-0.1, -0.05) is 12.1 Å². The van der Waals surface area contributed by atoms with Gasteiger partial charge in [-0.05, 0) is 36.4 Å². The first-order valence-corrected chi connectivity index (χ1v) is 9.54. The first-order valence-electron chi connectivity index (χ1n) is 9.54. The molecule has 1 N–H and O–H groups in total. The standard InChI is InChI=1S/C24H18F2N2O4/c1-30-15-8-9-18(21(12-15)31-2)22-13-27-24(32-22)17-6-4-3-5-16(17)23(29)28-20-10-7-14(25)11-19(20)26/h3-13H,1-2H3,(H,28,29). The van der Waals surface area contributed by atoms with Crippen LogP contribution in [-0.4, -0.2) is 25.1 Å². The highest BCUT2D eigenvalue weighted by atomic mass is 19.1. The monoisotopic (exact) mass is 436 g/mol. The number of amides is 1. The van der Waals surface area contributed by atoms with Crippen LogP contribution in [0.5, 0.6) is 11.5 Å². The molecular formula is C24H18F2N2O4. The summed E-state index contributed by atoms with van der Waals surface area (Å²) in [6, 6.07) is 14.8. The van der Waals surface area contributed by atoms with E-state index >= 15 is 0 Å². The minimum absolute atomic E-state index is 0.137. The number of hydrogen-bond acceptors (Lipinski definition) is 5. The van der Waals surface area contributed by atoms with E-state index in [0.29, 0.717) is 34.5 Å². The van der Waals surface area contributed by atoms with Gasteiger partial charge in [-0.3, -0.25) is 4.79 Å². The Hall–Kier alpha value is -4.20. The predicted molar refractivity (Wildman–Crippen MR) is 115 cm³/mol. The minimum atomic E-state index is -0.874. The zero-order valence-corrected chi connectivity index (χ0v) is 17.2. The molecule has 32 heavy (non-hydrogen) atoms. The topological polar surface area (TPSA) is 73.6 Å². The fraction of sp³-hybridized carbons (Fsp3) is 0.0833. The van der Waals surface area contributed by atoms with E-state index < -0.39 is 17.5 Å². The number of benzene rings is 3. The van der Waals surface area contributed by atoms with Crippen LogP contribution in [0.1, 0.15) is 10.4 Å². The lowest BCUT2D eigenvalue weighted by atomic mass is 10.1. The molecule has 0 aliphatic heterocycles. The summed E-state index contributed by atoms with van der Waals surface area (Å²) in [5.74, 6) is -0.413. The number of halogens is 2. The van der Waals surface area contributed by atoms with E-state index in [9.17, 15) is 13.6 Å². The second-order valence-electron chi connectivity index (χ2n) is 6.72. The number of rotatable bonds is 6. The summed E-state index contributed by atoms with van der Waals surface area (Å²) in [5.41, 5.74) is 1.14. The summed E-state index contributed by atoms with van der Waals surface area (Å²) in [5, 5.41) is 2.45. The molecule has 1 aromatic heterocycles. The van der Waals surface area contributed by atoms with E-state index in [1.165, 1.54) is 13.3 Å². The van der Waals surface area contributed by atoms with Gasteiger partial charge in [-0.2, -0.15) is 0 Å². The number of carbonyl (C=O) groups excluding carboxylic acids is 1. The van der Waals surface area contributed by atoms with Crippen LogP contribution >= 0.6 is 0 Å². The lowest BCUT2D eigenvalue weighted by molar-refractivity contribution is 0.102. The van der Waals surface area contributed by atoms with Crippen LogP contribution in [0.4, 0.5) is 14.5 Å².